The Bertz CT molecular complexity index is 1830. The summed E-state index contributed by atoms with van der Waals surface area (Å²) >= 11 is 0. The number of nitrogens with one attached hydrogen (secondary N) is 2. The molecule has 11 heteroatoms. The predicted molar refractivity (Wildman–Crippen MR) is 161 cm³/mol. The lowest BCUT2D eigenvalue weighted by Crippen LogP contribution is -2.50. The molecule has 0 spiro atoms. The van der Waals surface area contributed by atoms with E-state index in [-0.39, 0.29) is 16.6 Å². The fourth-order valence-corrected chi connectivity index (χ4v) is 7.23. The van der Waals surface area contributed by atoms with Crippen LogP contribution >= 0.6 is 0 Å². The molecule has 1 atom stereocenters. The van der Waals surface area contributed by atoms with Gasteiger partial charge in [0, 0.05) is 23.4 Å². The molecule has 3 aliphatic rings. The van der Waals surface area contributed by atoms with Gasteiger partial charge in [0.2, 0.25) is 0 Å². The van der Waals surface area contributed by atoms with Crippen molar-refractivity contribution in [3.05, 3.63) is 71.7 Å². The van der Waals surface area contributed by atoms with Gasteiger partial charge in [0.05, 0.1) is 46.8 Å². The summed E-state index contributed by atoms with van der Waals surface area (Å²) in [5.74, 6) is -0.367. The number of hydrogen-bond donors (Lipinski definition) is 3. The number of anilines is 2. The third kappa shape index (κ3) is 4.95. The first-order valence-corrected chi connectivity index (χ1v) is 15.8. The Balaban J connectivity index is 1.24. The summed E-state index contributed by atoms with van der Waals surface area (Å²) in [6.07, 6.45) is 9.00. The molecule has 2 aromatic heterocycles. The molecule has 1 saturated carbocycles. The van der Waals surface area contributed by atoms with Crippen LogP contribution < -0.4 is 15.8 Å². The van der Waals surface area contributed by atoms with Crippen molar-refractivity contribution in [3.63, 3.8) is 0 Å². The van der Waals surface area contributed by atoms with Crippen molar-refractivity contribution in [3.8, 4) is 11.3 Å². The van der Waals surface area contributed by atoms with Crippen molar-refractivity contribution in [2.75, 3.05) is 23.7 Å². The molecule has 1 aliphatic heterocycles. The molecule has 218 valence electrons. The van der Waals surface area contributed by atoms with E-state index in [1.54, 1.807) is 31.2 Å². The lowest BCUT2D eigenvalue weighted by Gasteiger charge is -2.33. The van der Waals surface area contributed by atoms with Gasteiger partial charge in [-0.1, -0.05) is 30.3 Å². The molecule has 2 aliphatic carbocycles. The fourth-order valence-electron chi connectivity index (χ4n) is 5.91. The highest BCUT2D eigenvalue weighted by molar-refractivity contribution is 7.92. The molecular weight excluding hydrogens is 555 g/mol. The Kier molecular flexibility index (Phi) is 6.75. The van der Waals surface area contributed by atoms with Crippen LogP contribution in [0.3, 0.4) is 0 Å². The van der Waals surface area contributed by atoms with E-state index < -0.39 is 15.8 Å². The van der Waals surface area contributed by atoms with Gasteiger partial charge in [0.1, 0.15) is 17.3 Å². The molecule has 4 N–H and O–H groups in total. The van der Waals surface area contributed by atoms with Crippen LogP contribution in [-0.2, 0) is 14.8 Å². The van der Waals surface area contributed by atoms with Crippen LogP contribution in [0.2, 0.25) is 0 Å². The molecule has 4 aromatic rings. The SMILES string of the molecule is Cc1ccccc1S(=O)(=O)Nc1ccc(-c2nn(C3CC3)c3c(C4=CCC(NC5COC5)CC4)cnc(N)c23)cc1F. The molecule has 1 saturated heterocycles. The summed E-state index contributed by atoms with van der Waals surface area (Å²) in [6, 6.07) is 12.1. The van der Waals surface area contributed by atoms with Gasteiger partial charge in [-0.05, 0) is 68.4 Å². The van der Waals surface area contributed by atoms with Gasteiger partial charge in [-0.25, -0.2) is 17.8 Å². The maximum Gasteiger partial charge on any atom is 0.262 e. The third-order valence-electron chi connectivity index (χ3n) is 8.38. The van der Waals surface area contributed by atoms with Crippen LogP contribution in [0.1, 0.15) is 49.3 Å². The number of aryl methyl sites for hydroxylation is 1. The van der Waals surface area contributed by atoms with Crippen molar-refractivity contribution in [2.45, 2.75) is 62.0 Å². The number of nitrogen functional groups attached to an aromatic ring is 1. The number of ether oxygens (including phenoxy) is 1. The molecule has 7 rings (SSSR count). The van der Waals surface area contributed by atoms with Gasteiger partial charge >= 0.3 is 0 Å². The number of benzene rings is 2. The molecular formula is C31H33FN6O3S. The largest absolute Gasteiger partial charge is 0.383 e. The average molecular weight is 589 g/mol. The van der Waals surface area contributed by atoms with E-state index in [9.17, 15) is 8.42 Å². The van der Waals surface area contributed by atoms with Crippen LogP contribution in [-0.4, -0.2) is 48.5 Å². The summed E-state index contributed by atoms with van der Waals surface area (Å²) in [4.78, 5) is 4.65. The summed E-state index contributed by atoms with van der Waals surface area (Å²) in [5, 5.41) is 9.32. The minimum absolute atomic E-state index is 0.102. The zero-order valence-corrected chi connectivity index (χ0v) is 24.1. The fraction of sp³-hybridized carbons (Fsp3) is 0.355. The van der Waals surface area contributed by atoms with Gasteiger partial charge in [0.15, 0.2) is 0 Å². The standard InChI is InChI=1S/C31H33FN6O3S/c1-18-4-2-3-5-27(18)42(39,40)37-26-13-8-20(14-25(26)32)29-28-30(38(36-29)23-11-12-23)24(15-34-31(28)33)19-6-9-21(10-7-19)35-22-16-41-17-22/h2-6,8,13-15,21-23,35,37H,7,9-12,16-17H2,1H3,(H2,33,34). The highest BCUT2D eigenvalue weighted by Crippen LogP contribution is 2.44. The number of allylic oxidation sites excluding steroid dienone is 1. The second-order valence-corrected chi connectivity index (χ2v) is 13.1. The topological polar surface area (TPSA) is 124 Å². The van der Waals surface area contributed by atoms with Crippen molar-refractivity contribution in [1.82, 2.24) is 20.1 Å². The average Bonchev–Trinajstić information content (AvgIpc) is 3.72. The second kappa shape index (κ2) is 10.5. The van der Waals surface area contributed by atoms with Gasteiger partial charge < -0.3 is 15.8 Å². The first kappa shape index (κ1) is 27.1. The highest BCUT2D eigenvalue weighted by Gasteiger charge is 2.32. The van der Waals surface area contributed by atoms with Crippen molar-refractivity contribution in [2.24, 2.45) is 0 Å². The van der Waals surface area contributed by atoms with Crippen molar-refractivity contribution >= 4 is 38.0 Å². The normalized spacial score (nSPS) is 19.5. The van der Waals surface area contributed by atoms with Gasteiger partial charge in [-0.15, -0.1) is 0 Å². The number of nitrogens with two attached hydrogens (primary N) is 1. The smallest absolute Gasteiger partial charge is 0.262 e. The van der Waals surface area contributed by atoms with Crippen LogP contribution in [0.5, 0.6) is 0 Å². The van der Waals surface area contributed by atoms with E-state index in [0.717, 1.165) is 56.4 Å². The van der Waals surface area contributed by atoms with E-state index in [0.29, 0.717) is 40.1 Å². The summed E-state index contributed by atoms with van der Waals surface area (Å²) in [6.45, 7) is 3.25. The monoisotopic (exact) mass is 588 g/mol. The molecule has 42 heavy (non-hydrogen) atoms. The van der Waals surface area contributed by atoms with Crippen LogP contribution in [0.15, 0.2) is 59.6 Å². The number of halogens is 1. The predicted octanol–water partition coefficient (Wildman–Crippen LogP) is 5.19. The summed E-state index contributed by atoms with van der Waals surface area (Å²) in [7, 11) is -3.97. The van der Waals surface area contributed by atoms with Crippen molar-refractivity contribution < 1.29 is 17.5 Å². The Labute approximate surface area is 244 Å². The van der Waals surface area contributed by atoms with E-state index in [1.807, 2.05) is 10.9 Å². The van der Waals surface area contributed by atoms with E-state index in [1.165, 1.54) is 23.8 Å². The second-order valence-electron chi connectivity index (χ2n) is 11.5. The first-order valence-electron chi connectivity index (χ1n) is 14.4. The summed E-state index contributed by atoms with van der Waals surface area (Å²) in [5.41, 5.74) is 11.1. The zero-order valence-electron chi connectivity index (χ0n) is 23.3. The van der Waals surface area contributed by atoms with Crippen LogP contribution in [0.4, 0.5) is 15.9 Å². The molecule has 1 unspecified atom stereocenters. The molecule has 2 fully saturated rings. The number of hydrogen-bond acceptors (Lipinski definition) is 7. The molecule has 3 heterocycles. The number of rotatable bonds is 8. The molecule has 0 radical (unpaired) electrons. The van der Waals surface area contributed by atoms with E-state index in [4.69, 9.17) is 15.6 Å². The number of sulfonamides is 1. The lowest BCUT2D eigenvalue weighted by atomic mass is 9.89. The molecule has 9 nitrogen and oxygen atoms in total. The molecule has 2 aromatic carbocycles. The number of fused-ring (bicyclic) bond motifs is 1. The Morgan fingerprint density at radius 2 is 1.90 bits per heavy atom. The minimum atomic E-state index is -3.97. The van der Waals surface area contributed by atoms with Gasteiger partial charge in [-0.2, -0.15) is 5.10 Å². The van der Waals surface area contributed by atoms with Crippen LogP contribution in [0, 0.1) is 12.7 Å². The maximum absolute atomic E-state index is 15.5. The maximum atomic E-state index is 15.5. The number of pyridine rings is 1. The lowest BCUT2D eigenvalue weighted by molar-refractivity contribution is -0.0103. The highest BCUT2D eigenvalue weighted by atomic mass is 32.2. The van der Waals surface area contributed by atoms with Crippen molar-refractivity contribution in [1.29, 1.82) is 0 Å². The van der Waals surface area contributed by atoms with Gasteiger partial charge in [0.25, 0.3) is 10.0 Å². The molecule has 0 amide bonds. The Morgan fingerprint density at radius 3 is 2.57 bits per heavy atom. The summed E-state index contributed by atoms with van der Waals surface area (Å²) < 4.78 is 51.1. The van der Waals surface area contributed by atoms with Gasteiger partial charge in [-0.3, -0.25) is 9.40 Å². The van der Waals surface area contributed by atoms with Crippen LogP contribution in [0.25, 0.3) is 27.7 Å². The number of nitrogens with zero attached hydrogens (tertiary/aromatic N) is 3. The van der Waals surface area contributed by atoms with E-state index >= 15 is 4.39 Å². The quantitative estimate of drug-likeness (QED) is 0.259. The third-order valence-corrected chi connectivity index (χ3v) is 9.91. The number of aromatic nitrogens is 3. The molecule has 0 bridgehead atoms. The Morgan fingerprint density at radius 1 is 1.10 bits per heavy atom. The first-order chi connectivity index (χ1) is 20.3. The van der Waals surface area contributed by atoms with E-state index in [2.05, 4.69) is 21.1 Å². The Hall–Kier alpha value is -3.80. The minimum Gasteiger partial charge on any atom is -0.383 e. The zero-order chi connectivity index (χ0) is 29.0.